The summed E-state index contributed by atoms with van der Waals surface area (Å²) < 4.78 is 16.3. The molecule has 0 fully saturated rings. The molecule has 0 amide bonds. The first-order valence-corrected chi connectivity index (χ1v) is 7.57. The van der Waals surface area contributed by atoms with Gasteiger partial charge in [-0.05, 0) is 67.8 Å². The van der Waals surface area contributed by atoms with Gasteiger partial charge in [0.05, 0.1) is 5.69 Å². The molecule has 0 aromatic heterocycles. The van der Waals surface area contributed by atoms with Crippen LogP contribution in [-0.2, 0) is 6.54 Å². The number of benzene rings is 2. The van der Waals surface area contributed by atoms with Crippen LogP contribution < -0.4 is 5.32 Å². The van der Waals surface area contributed by atoms with Crippen molar-refractivity contribution in [1.82, 2.24) is 0 Å². The van der Waals surface area contributed by atoms with Crippen molar-refractivity contribution in [3.05, 3.63) is 61.2 Å². The molecule has 2 aromatic rings. The second kappa shape index (κ2) is 6.17. The van der Waals surface area contributed by atoms with Gasteiger partial charge in [0.2, 0.25) is 0 Å². The van der Waals surface area contributed by atoms with Crippen LogP contribution in [0.2, 0.25) is 0 Å². The molecule has 2 aromatic carbocycles. The van der Waals surface area contributed by atoms with Crippen LogP contribution in [0.15, 0.2) is 49.8 Å². The molecule has 0 heterocycles. The zero-order chi connectivity index (χ0) is 13.1. The Balaban J connectivity index is 2.11. The molecular formula is C13H9Br3FN. The molecule has 1 nitrogen and oxygen atoms in total. The minimum Gasteiger partial charge on any atom is -0.379 e. The number of hydrogen-bond donors (Lipinski definition) is 1. The number of hydrogen-bond acceptors (Lipinski definition) is 1. The Hall–Kier alpha value is -0.390. The predicted molar refractivity (Wildman–Crippen MR) is 83.3 cm³/mol. The Morgan fingerprint density at radius 2 is 1.72 bits per heavy atom. The van der Waals surface area contributed by atoms with Gasteiger partial charge in [0.25, 0.3) is 0 Å². The van der Waals surface area contributed by atoms with Gasteiger partial charge >= 0.3 is 0 Å². The topological polar surface area (TPSA) is 12.0 Å². The van der Waals surface area contributed by atoms with Gasteiger partial charge in [0.15, 0.2) is 0 Å². The molecular weight excluding hydrogens is 429 g/mol. The smallest absolute Gasteiger partial charge is 0.146 e. The fraction of sp³-hybridized carbons (Fsp3) is 0.0769. The van der Waals surface area contributed by atoms with E-state index in [0.29, 0.717) is 12.2 Å². The minimum atomic E-state index is -0.255. The van der Waals surface area contributed by atoms with Crippen molar-refractivity contribution >= 4 is 53.5 Å². The maximum atomic E-state index is 13.5. The second-order valence-electron chi connectivity index (χ2n) is 3.73. The van der Waals surface area contributed by atoms with Gasteiger partial charge in [-0.3, -0.25) is 0 Å². The average Bonchev–Trinajstić information content (AvgIpc) is 2.34. The van der Waals surface area contributed by atoms with E-state index < -0.39 is 0 Å². The van der Waals surface area contributed by atoms with E-state index in [2.05, 4.69) is 53.1 Å². The van der Waals surface area contributed by atoms with Gasteiger partial charge in [-0.2, -0.15) is 0 Å². The Morgan fingerprint density at radius 1 is 0.944 bits per heavy atom. The third-order valence-corrected chi connectivity index (χ3v) is 4.77. The maximum Gasteiger partial charge on any atom is 0.146 e. The summed E-state index contributed by atoms with van der Waals surface area (Å²) in [6.07, 6.45) is 0. The van der Waals surface area contributed by atoms with Gasteiger partial charge in [-0.1, -0.05) is 22.0 Å². The van der Waals surface area contributed by atoms with Gasteiger partial charge in [-0.15, -0.1) is 0 Å². The highest BCUT2D eigenvalue weighted by atomic mass is 79.9. The molecule has 0 aliphatic carbocycles. The number of rotatable bonds is 3. The van der Waals surface area contributed by atoms with E-state index in [1.165, 1.54) is 6.07 Å². The van der Waals surface area contributed by atoms with Crippen molar-refractivity contribution in [3.8, 4) is 0 Å². The van der Waals surface area contributed by atoms with Gasteiger partial charge < -0.3 is 5.32 Å². The van der Waals surface area contributed by atoms with E-state index in [1.54, 1.807) is 12.1 Å². The van der Waals surface area contributed by atoms with E-state index in [0.717, 1.165) is 19.0 Å². The van der Waals surface area contributed by atoms with Crippen LogP contribution in [0.5, 0.6) is 0 Å². The van der Waals surface area contributed by atoms with Crippen LogP contribution in [0.3, 0.4) is 0 Å². The highest BCUT2D eigenvalue weighted by molar-refractivity contribution is 9.13. The predicted octanol–water partition coefficient (Wildman–Crippen LogP) is 5.73. The monoisotopic (exact) mass is 435 g/mol. The van der Waals surface area contributed by atoms with Crippen LogP contribution in [0.25, 0.3) is 0 Å². The molecule has 0 spiro atoms. The molecule has 0 radical (unpaired) electrons. The van der Waals surface area contributed by atoms with Crippen molar-refractivity contribution in [2.24, 2.45) is 0 Å². The number of anilines is 1. The molecule has 0 atom stereocenters. The Bertz CT molecular complexity index is 572. The van der Waals surface area contributed by atoms with E-state index in [4.69, 9.17) is 0 Å². The van der Waals surface area contributed by atoms with Crippen LogP contribution in [0.4, 0.5) is 10.1 Å². The normalized spacial score (nSPS) is 10.4. The second-order valence-corrected chi connectivity index (χ2v) is 6.35. The number of halogens is 4. The third-order valence-electron chi connectivity index (χ3n) is 2.40. The fourth-order valence-electron chi connectivity index (χ4n) is 1.48. The van der Waals surface area contributed by atoms with Crippen molar-refractivity contribution in [1.29, 1.82) is 0 Å². The summed E-state index contributed by atoms with van der Waals surface area (Å²) in [7, 11) is 0. The first-order valence-electron chi connectivity index (χ1n) is 5.19. The van der Waals surface area contributed by atoms with E-state index >= 15 is 0 Å². The molecule has 0 aliphatic heterocycles. The van der Waals surface area contributed by atoms with E-state index in [9.17, 15) is 4.39 Å². The Kier molecular flexibility index (Phi) is 4.81. The summed E-state index contributed by atoms with van der Waals surface area (Å²) in [4.78, 5) is 0. The summed E-state index contributed by atoms with van der Waals surface area (Å²) in [5.74, 6) is -0.255. The van der Waals surface area contributed by atoms with Crippen LogP contribution in [-0.4, -0.2) is 0 Å². The third kappa shape index (κ3) is 3.56. The lowest BCUT2D eigenvalue weighted by Crippen LogP contribution is -2.01. The standard InChI is InChI=1S/C13H9Br3FN/c14-9-2-4-12(17)13(6-9)18-7-8-1-3-10(15)11(16)5-8/h1-6,18H,7H2. The van der Waals surface area contributed by atoms with Crippen molar-refractivity contribution in [2.45, 2.75) is 6.54 Å². The molecule has 0 unspecified atom stereocenters. The molecule has 5 heteroatoms. The molecule has 0 bridgehead atoms. The molecule has 0 saturated heterocycles. The maximum absolute atomic E-state index is 13.5. The zero-order valence-corrected chi connectivity index (χ0v) is 13.9. The Labute approximate surface area is 130 Å². The van der Waals surface area contributed by atoms with Crippen molar-refractivity contribution < 1.29 is 4.39 Å². The molecule has 2 rings (SSSR count). The fourth-order valence-corrected chi connectivity index (χ4v) is 2.51. The Morgan fingerprint density at radius 3 is 2.44 bits per heavy atom. The van der Waals surface area contributed by atoms with Crippen molar-refractivity contribution in [2.75, 3.05) is 5.32 Å². The van der Waals surface area contributed by atoms with Crippen LogP contribution >= 0.6 is 47.8 Å². The lowest BCUT2D eigenvalue weighted by atomic mass is 10.2. The molecule has 1 N–H and O–H groups in total. The quantitative estimate of drug-likeness (QED) is 0.647. The summed E-state index contributed by atoms with van der Waals surface area (Å²) >= 11 is 10.2. The highest BCUT2D eigenvalue weighted by Gasteiger charge is 2.03. The molecule has 94 valence electrons. The van der Waals surface area contributed by atoms with Gasteiger partial charge in [-0.25, -0.2) is 4.39 Å². The van der Waals surface area contributed by atoms with Gasteiger partial charge in [0, 0.05) is 20.0 Å². The van der Waals surface area contributed by atoms with Crippen LogP contribution in [0.1, 0.15) is 5.56 Å². The first kappa shape index (κ1) is 14.0. The SMILES string of the molecule is Fc1ccc(Br)cc1NCc1ccc(Br)c(Br)c1. The highest BCUT2D eigenvalue weighted by Crippen LogP contribution is 2.25. The first-order chi connectivity index (χ1) is 8.56. The lowest BCUT2D eigenvalue weighted by Gasteiger charge is -2.09. The molecule has 18 heavy (non-hydrogen) atoms. The molecule has 0 saturated carbocycles. The van der Waals surface area contributed by atoms with E-state index in [1.807, 2.05) is 18.2 Å². The minimum absolute atomic E-state index is 0.255. The number of nitrogens with one attached hydrogen (secondary N) is 1. The molecule has 0 aliphatic rings. The average molecular weight is 438 g/mol. The summed E-state index contributed by atoms with van der Waals surface area (Å²) in [6, 6.07) is 10.8. The van der Waals surface area contributed by atoms with Gasteiger partial charge in [0.1, 0.15) is 5.82 Å². The largest absolute Gasteiger partial charge is 0.379 e. The summed E-state index contributed by atoms with van der Waals surface area (Å²) in [6.45, 7) is 0.569. The summed E-state index contributed by atoms with van der Waals surface area (Å²) in [5, 5.41) is 3.08. The lowest BCUT2D eigenvalue weighted by molar-refractivity contribution is 0.630. The van der Waals surface area contributed by atoms with Crippen molar-refractivity contribution in [3.63, 3.8) is 0 Å². The van der Waals surface area contributed by atoms with Crippen LogP contribution in [0, 0.1) is 5.82 Å². The summed E-state index contributed by atoms with van der Waals surface area (Å²) in [5.41, 5.74) is 1.56. The zero-order valence-electron chi connectivity index (χ0n) is 9.18. The van der Waals surface area contributed by atoms with E-state index in [-0.39, 0.29) is 5.82 Å².